The van der Waals surface area contributed by atoms with E-state index in [2.05, 4.69) is 21.2 Å². The Morgan fingerprint density at radius 2 is 2.05 bits per heavy atom. The van der Waals surface area contributed by atoms with Gasteiger partial charge in [0.05, 0.1) is 5.56 Å². The third-order valence-corrected chi connectivity index (χ3v) is 3.47. The Kier molecular flexibility index (Phi) is 4.22. The van der Waals surface area contributed by atoms with Gasteiger partial charge in [0.15, 0.2) is 0 Å². The standard InChI is InChI=1S/C15H14BrNO2/c1-10-5-6-13(16)14(7-10)17-9-11-3-2-4-12(8-11)15(18)19/h2-8,17H,9H2,1H3,(H,18,19). The highest BCUT2D eigenvalue weighted by Gasteiger charge is 2.04. The Labute approximate surface area is 120 Å². The van der Waals surface area contributed by atoms with E-state index in [1.807, 2.05) is 31.2 Å². The summed E-state index contributed by atoms with van der Waals surface area (Å²) in [6, 6.07) is 13.0. The van der Waals surface area contributed by atoms with E-state index in [1.54, 1.807) is 18.2 Å². The Morgan fingerprint density at radius 3 is 2.79 bits per heavy atom. The van der Waals surface area contributed by atoms with Crippen molar-refractivity contribution in [3.05, 3.63) is 63.6 Å². The summed E-state index contributed by atoms with van der Waals surface area (Å²) >= 11 is 3.49. The molecule has 4 heteroatoms. The number of aryl methyl sites for hydroxylation is 1. The van der Waals surface area contributed by atoms with Gasteiger partial charge in [-0.05, 0) is 58.2 Å². The summed E-state index contributed by atoms with van der Waals surface area (Å²) in [7, 11) is 0. The first-order valence-electron chi connectivity index (χ1n) is 5.88. The molecule has 2 aromatic rings. The second-order valence-electron chi connectivity index (χ2n) is 4.34. The zero-order valence-corrected chi connectivity index (χ0v) is 12.1. The van der Waals surface area contributed by atoms with Gasteiger partial charge in [0.2, 0.25) is 0 Å². The first-order valence-corrected chi connectivity index (χ1v) is 6.68. The van der Waals surface area contributed by atoms with Crippen molar-refractivity contribution in [2.75, 3.05) is 5.32 Å². The van der Waals surface area contributed by atoms with Gasteiger partial charge in [0.25, 0.3) is 0 Å². The van der Waals surface area contributed by atoms with Gasteiger partial charge in [0, 0.05) is 16.7 Å². The normalized spacial score (nSPS) is 10.2. The average molecular weight is 320 g/mol. The zero-order valence-electron chi connectivity index (χ0n) is 10.5. The van der Waals surface area contributed by atoms with E-state index >= 15 is 0 Å². The van der Waals surface area contributed by atoms with Crippen LogP contribution >= 0.6 is 15.9 Å². The van der Waals surface area contributed by atoms with Gasteiger partial charge in [-0.15, -0.1) is 0 Å². The van der Waals surface area contributed by atoms with E-state index in [0.29, 0.717) is 12.1 Å². The van der Waals surface area contributed by atoms with Crippen LogP contribution in [0.25, 0.3) is 0 Å². The fraction of sp³-hybridized carbons (Fsp3) is 0.133. The molecule has 2 rings (SSSR count). The highest BCUT2D eigenvalue weighted by molar-refractivity contribution is 9.10. The van der Waals surface area contributed by atoms with Crippen LogP contribution in [0.15, 0.2) is 46.9 Å². The number of hydrogen-bond donors (Lipinski definition) is 2. The maximum absolute atomic E-state index is 10.9. The average Bonchev–Trinajstić information content (AvgIpc) is 2.40. The van der Waals surface area contributed by atoms with E-state index in [4.69, 9.17) is 5.11 Å². The number of anilines is 1. The van der Waals surface area contributed by atoms with Crippen molar-refractivity contribution in [1.82, 2.24) is 0 Å². The molecule has 0 aliphatic rings. The van der Waals surface area contributed by atoms with Gasteiger partial charge in [0.1, 0.15) is 0 Å². The second kappa shape index (κ2) is 5.89. The minimum absolute atomic E-state index is 0.308. The molecule has 0 atom stereocenters. The molecular weight excluding hydrogens is 306 g/mol. The van der Waals surface area contributed by atoms with Crippen LogP contribution in [0.5, 0.6) is 0 Å². The van der Waals surface area contributed by atoms with Crippen molar-refractivity contribution >= 4 is 27.6 Å². The van der Waals surface area contributed by atoms with Gasteiger partial charge in [-0.3, -0.25) is 0 Å². The minimum atomic E-state index is -0.904. The van der Waals surface area contributed by atoms with Crippen LogP contribution in [0.2, 0.25) is 0 Å². The molecule has 0 saturated heterocycles. The van der Waals surface area contributed by atoms with Crippen LogP contribution in [-0.4, -0.2) is 11.1 Å². The highest BCUT2D eigenvalue weighted by atomic mass is 79.9. The second-order valence-corrected chi connectivity index (χ2v) is 5.20. The number of rotatable bonds is 4. The van der Waals surface area contributed by atoms with E-state index in [9.17, 15) is 4.79 Å². The Bertz CT molecular complexity index is 611. The number of benzene rings is 2. The molecule has 0 unspecified atom stereocenters. The van der Waals surface area contributed by atoms with Crippen molar-refractivity contribution in [2.24, 2.45) is 0 Å². The molecule has 0 spiro atoms. The predicted molar refractivity (Wildman–Crippen MR) is 79.6 cm³/mol. The number of nitrogens with one attached hydrogen (secondary N) is 1. The van der Waals surface area contributed by atoms with Crippen molar-refractivity contribution in [2.45, 2.75) is 13.5 Å². The molecule has 0 amide bonds. The molecule has 0 fully saturated rings. The highest BCUT2D eigenvalue weighted by Crippen LogP contribution is 2.24. The third kappa shape index (κ3) is 3.58. The van der Waals surface area contributed by atoms with Gasteiger partial charge in [-0.2, -0.15) is 0 Å². The van der Waals surface area contributed by atoms with Gasteiger partial charge in [-0.25, -0.2) is 4.79 Å². The van der Waals surface area contributed by atoms with E-state index in [0.717, 1.165) is 15.7 Å². The van der Waals surface area contributed by atoms with Crippen molar-refractivity contribution in [3.63, 3.8) is 0 Å². The molecule has 2 aromatic carbocycles. The van der Waals surface area contributed by atoms with E-state index < -0.39 is 5.97 Å². The summed E-state index contributed by atoms with van der Waals surface area (Å²) in [5, 5.41) is 12.2. The molecule has 0 aliphatic heterocycles. The summed E-state index contributed by atoms with van der Waals surface area (Å²) in [5.74, 6) is -0.904. The largest absolute Gasteiger partial charge is 0.478 e. The molecule has 0 aliphatic carbocycles. The number of carboxylic acid groups (broad SMARTS) is 1. The smallest absolute Gasteiger partial charge is 0.335 e. The topological polar surface area (TPSA) is 49.3 Å². The summed E-state index contributed by atoms with van der Waals surface area (Å²) in [6.45, 7) is 2.62. The Morgan fingerprint density at radius 1 is 1.26 bits per heavy atom. The molecule has 19 heavy (non-hydrogen) atoms. The molecule has 0 heterocycles. The summed E-state index contributed by atoms with van der Waals surface area (Å²) in [4.78, 5) is 10.9. The van der Waals surface area contributed by atoms with Gasteiger partial charge < -0.3 is 10.4 Å². The Hall–Kier alpha value is -1.81. The van der Waals surface area contributed by atoms with Crippen LogP contribution in [0.1, 0.15) is 21.5 Å². The van der Waals surface area contributed by atoms with Gasteiger partial charge >= 0.3 is 5.97 Å². The summed E-state index contributed by atoms with van der Waals surface area (Å²) < 4.78 is 0.993. The number of carbonyl (C=O) groups is 1. The quantitative estimate of drug-likeness (QED) is 0.893. The molecular formula is C15H14BrNO2. The van der Waals surface area contributed by atoms with Crippen LogP contribution < -0.4 is 5.32 Å². The van der Waals surface area contributed by atoms with Crippen LogP contribution in [-0.2, 0) is 6.54 Å². The first-order chi connectivity index (χ1) is 9.06. The molecule has 0 bridgehead atoms. The van der Waals surface area contributed by atoms with E-state index in [1.165, 1.54) is 5.56 Å². The van der Waals surface area contributed by atoms with Crippen LogP contribution in [0, 0.1) is 6.92 Å². The maximum atomic E-state index is 10.9. The fourth-order valence-corrected chi connectivity index (χ4v) is 2.17. The van der Waals surface area contributed by atoms with Gasteiger partial charge in [-0.1, -0.05) is 18.2 Å². The van der Waals surface area contributed by atoms with Crippen molar-refractivity contribution < 1.29 is 9.90 Å². The first kappa shape index (κ1) is 13.6. The SMILES string of the molecule is Cc1ccc(Br)c(NCc2cccc(C(=O)O)c2)c1. The number of halogens is 1. The zero-order chi connectivity index (χ0) is 13.8. The molecule has 0 aromatic heterocycles. The van der Waals surface area contributed by atoms with Crippen molar-refractivity contribution in [3.8, 4) is 0 Å². The lowest BCUT2D eigenvalue weighted by Crippen LogP contribution is -2.03. The number of carboxylic acids is 1. The minimum Gasteiger partial charge on any atom is -0.478 e. The van der Waals surface area contributed by atoms with Crippen LogP contribution in [0.4, 0.5) is 5.69 Å². The number of hydrogen-bond acceptors (Lipinski definition) is 2. The predicted octanol–water partition coefficient (Wildman–Crippen LogP) is 4.07. The van der Waals surface area contributed by atoms with Crippen LogP contribution in [0.3, 0.4) is 0 Å². The molecule has 98 valence electrons. The molecule has 2 N–H and O–H groups in total. The van der Waals surface area contributed by atoms with E-state index in [-0.39, 0.29) is 0 Å². The lowest BCUT2D eigenvalue weighted by molar-refractivity contribution is 0.0697. The fourth-order valence-electron chi connectivity index (χ4n) is 1.79. The summed E-state index contributed by atoms with van der Waals surface area (Å²) in [6.07, 6.45) is 0. The molecule has 0 radical (unpaired) electrons. The third-order valence-electron chi connectivity index (χ3n) is 2.78. The monoisotopic (exact) mass is 319 g/mol. The summed E-state index contributed by atoms with van der Waals surface area (Å²) in [5.41, 5.74) is 3.42. The van der Waals surface area contributed by atoms with Crippen molar-refractivity contribution in [1.29, 1.82) is 0 Å². The molecule has 3 nitrogen and oxygen atoms in total. The Balaban J connectivity index is 2.12. The molecule has 0 saturated carbocycles. The lowest BCUT2D eigenvalue weighted by atomic mass is 10.1. The maximum Gasteiger partial charge on any atom is 0.335 e. The lowest BCUT2D eigenvalue weighted by Gasteiger charge is -2.10. The number of aromatic carboxylic acids is 1.